The number of rotatable bonds is 2. The Balaban J connectivity index is 0. The molecule has 0 atom stereocenters. The van der Waals surface area contributed by atoms with Gasteiger partial charge in [0, 0.05) is 6.61 Å². The number of aliphatic hydroxyl groups is 1. The quantitative estimate of drug-likeness (QED) is 0.479. The number of hydrogen-bond acceptors (Lipinski definition) is 1. The molecule has 0 saturated heterocycles. The number of hydrogen-bond donors (Lipinski definition) is 1. The predicted octanol–water partition coefficient (Wildman–Crippen LogP) is -0.137. The van der Waals surface area contributed by atoms with Crippen molar-refractivity contribution in [2.75, 3.05) is 6.61 Å². The molecule has 0 aromatic rings. The van der Waals surface area contributed by atoms with Crippen molar-refractivity contribution in [2.24, 2.45) is 0 Å². The molecule has 0 aromatic carbocycles. The summed E-state index contributed by atoms with van der Waals surface area (Å²) in [7, 11) is 0. The van der Waals surface area contributed by atoms with Gasteiger partial charge < -0.3 is 5.11 Å². The molecule has 0 fully saturated rings. The van der Waals surface area contributed by atoms with Crippen LogP contribution in [-0.2, 0) is 0 Å². The minimum atomic E-state index is 0. The summed E-state index contributed by atoms with van der Waals surface area (Å²) in [5.41, 5.74) is 0. The average molecular weight is 100 g/mol. The van der Waals surface area contributed by atoms with E-state index in [1.165, 1.54) is 0 Å². The Kier molecular flexibility index (Phi) is 15.2. The second-order valence-corrected chi connectivity index (χ2v) is 1.08. The fraction of sp³-hybridized carbons (Fsp3) is 1.00. The largest absolute Gasteiger partial charge is 0.396 e. The zero-order chi connectivity index (χ0) is 4.12. The molecule has 0 spiro atoms. The van der Waals surface area contributed by atoms with E-state index in [1.54, 1.807) is 0 Å². The van der Waals surface area contributed by atoms with Crippen LogP contribution in [0.2, 0.25) is 0 Å². The number of unbranched alkanes of at least 4 members (excludes halogenated alkanes) is 1. The third-order valence-electron chi connectivity index (χ3n) is 0.512. The van der Waals surface area contributed by atoms with Crippen LogP contribution in [-0.4, -0.2) is 34.8 Å². The monoisotopic (exact) mass is 100 g/mol. The summed E-state index contributed by atoms with van der Waals surface area (Å²) >= 11 is 0. The Morgan fingerprint density at radius 2 is 2.00 bits per heavy atom. The van der Waals surface area contributed by atoms with Crippen LogP contribution < -0.4 is 0 Å². The second-order valence-electron chi connectivity index (χ2n) is 1.08. The summed E-state index contributed by atoms with van der Waals surface area (Å²) in [5.74, 6) is 0. The summed E-state index contributed by atoms with van der Waals surface area (Å²) in [5, 5.41) is 8.07. The third-order valence-corrected chi connectivity index (χ3v) is 0.512. The maximum atomic E-state index is 8.07. The van der Waals surface area contributed by atoms with Crippen LogP contribution in [0.4, 0.5) is 0 Å². The summed E-state index contributed by atoms with van der Waals surface area (Å²) < 4.78 is 0. The van der Waals surface area contributed by atoms with Crippen molar-refractivity contribution in [2.45, 2.75) is 19.8 Å². The highest BCUT2D eigenvalue weighted by molar-refractivity contribution is 5.75. The molecule has 0 rings (SSSR count). The highest BCUT2D eigenvalue weighted by atomic mass is 24.3. The second kappa shape index (κ2) is 9.21. The molecule has 1 N–H and O–H groups in total. The fourth-order valence-corrected chi connectivity index (χ4v) is 0.158. The van der Waals surface area contributed by atoms with E-state index in [0.717, 1.165) is 12.8 Å². The first-order chi connectivity index (χ1) is 2.41. The van der Waals surface area contributed by atoms with Gasteiger partial charge in [0.05, 0.1) is 0 Å². The lowest BCUT2D eigenvalue weighted by Gasteiger charge is -1.79. The van der Waals surface area contributed by atoms with Crippen LogP contribution in [0, 0.1) is 0 Å². The van der Waals surface area contributed by atoms with Gasteiger partial charge in [0.15, 0.2) is 0 Å². The van der Waals surface area contributed by atoms with Gasteiger partial charge >= 0.3 is 23.1 Å². The predicted molar refractivity (Wildman–Crippen MR) is 30.5 cm³/mol. The van der Waals surface area contributed by atoms with Gasteiger partial charge in [-0.2, -0.15) is 0 Å². The Morgan fingerprint density at radius 1 is 1.50 bits per heavy atom. The summed E-state index contributed by atoms with van der Waals surface area (Å²) in [6.07, 6.45) is 2.04. The lowest BCUT2D eigenvalue weighted by molar-refractivity contribution is 0.287. The molecule has 0 aromatic heterocycles. The average Bonchev–Trinajstić information content (AvgIpc) is 1.41. The topological polar surface area (TPSA) is 20.2 Å². The van der Waals surface area contributed by atoms with Crippen molar-refractivity contribution in [1.29, 1.82) is 0 Å². The molecular weight excluding hydrogens is 88.3 g/mol. The van der Waals surface area contributed by atoms with Gasteiger partial charge in [-0.3, -0.25) is 0 Å². The Bertz CT molecular complexity index is 15.0. The normalized spacial score (nSPS) is 7.00. The van der Waals surface area contributed by atoms with E-state index in [9.17, 15) is 0 Å². The smallest absolute Gasteiger partial charge is 0.316 e. The van der Waals surface area contributed by atoms with Crippen LogP contribution >= 0.6 is 0 Å². The molecule has 6 heavy (non-hydrogen) atoms. The molecule has 0 radical (unpaired) electrons. The van der Waals surface area contributed by atoms with Gasteiger partial charge in [0.1, 0.15) is 0 Å². The van der Waals surface area contributed by atoms with E-state index in [0.29, 0.717) is 6.61 Å². The van der Waals surface area contributed by atoms with Crippen molar-refractivity contribution >= 4 is 23.1 Å². The minimum Gasteiger partial charge on any atom is -0.396 e. The van der Waals surface area contributed by atoms with E-state index >= 15 is 0 Å². The van der Waals surface area contributed by atoms with Crippen molar-refractivity contribution < 1.29 is 5.11 Å². The van der Waals surface area contributed by atoms with Gasteiger partial charge in [0.25, 0.3) is 0 Å². The zero-order valence-electron chi connectivity index (χ0n) is 3.57. The molecule has 2 heteroatoms. The van der Waals surface area contributed by atoms with E-state index in [4.69, 9.17) is 5.11 Å². The van der Waals surface area contributed by atoms with Crippen molar-refractivity contribution in [1.82, 2.24) is 0 Å². The first-order valence-electron chi connectivity index (χ1n) is 2.02. The molecule has 0 heterocycles. The van der Waals surface area contributed by atoms with E-state index in [-0.39, 0.29) is 23.1 Å². The molecule has 0 unspecified atom stereocenters. The summed E-state index contributed by atoms with van der Waals surface area (Å²) in [6, 6.07) is 0. The van der Waals surface area contributed by atoms with E-state index in [2.05, 4.69) is 6.92 Å². The first kappa shape index (κ1) is 9.87. The van der Waals surface area contributed by atoms with Crippen LogP contribution in [0.15, 0.2) is 0 Å². The van der Waals surface area contributed by atoms with Crippen LogP contribution in [0.1, 0.15) is 19.8 Å². The molecule has 0 bridgehead atoms. The maximum Gasteiger partial charge on any atom is 0.316 e. The van der Waals surface area contributed by atoms with Gasteiger partial charge in [-0.25, -0.2) is 0 Å². The summed E-state index contributed by atoms with van der Waals surface area (Å²) in [4.78, 5) is 0. The molecular formula is C4H12MgO. The summed E-state index contributed by atoms with van der Waals surface area (Å²) in [6.45, 7) is 2.40. The molecule has 0 saturated carbocycles. The number of aliphatic hydroxyl groups excluding tert-OH is 1. The van der Waals surface area contributed by atoms with Crippen LogP contribution in [0.3, 0.4) is 0 Å². The minimum absolute atomic E-state index is 0. The maximum absolute atomic E-state index is 8.07. The first-order valence-corrected chi connectivity index (χ1v) is 2.02. The Hall–Kier alpha value is 0.726. The van der Waals surface area contributed by atoms with E-state index in [1.807, 2.05) is 0 Å². The molecule has 36 valence electrons. The third kappa shape index (κ3) is 8.83. The highest BCUT2D eigenvalue weighted by Crippen LogP contribution is 1.78. The van der Waals surface area contributed by atoms with Gasteiger partial charge in [0.2, 0.25) is 0 Å². The lowest BCUT2D eigenvalue weighted by Crippen LogP contribution is -1.75. The van der Waals surface area contributed by atoms with Crippen molar-refractivity contribution in [3.05, 3.63) is 0 Å². The van der Waals surface area contributed by atoms with Crippen molar-refractivity contribution in [3.8, 4) is 0 Å². The fourth-order valence-electron chi connectivity index (χ4n) is 0.158. The molecule has 0 aliphatic heterocycles. The Morgan fingerprint density at radius 3 is 2.00 bits per heavy atom. The zero-order valence-corrected chi connectivity index (χ0v) is 3.57. The molecule has 0 aliphatic carbocycles. The molecule has 0 amide bonds. The SMILES string of the molecule is CCCCO.[MgH2]. The highest BCUT2D eigenvalue weighted by Gasteiger charge is 1.69. The molecule has 1 nitrogen and oxygen atoms in total. The van der Waals surface area contributed by atoms with Gasteiger partial charge in [-0.15, -0.1) is 0 Å². The van der Waals surface area contributed by atoms with Gasteiger partial charge in [-0.1, -0.05) is 13.3 Å². The van der Waals surface area contributed by atoms with Gasteiger partial charge in [-0.05, 0) is 6.42 Å². The van der Waals surface area contributed by atoms with Crippen LogP contribution in [0.25, 0.3) is 0 Å². The Labute approximate surface area is 54.9 Å². The van der Waals surface area contributed by atoms with E-state index < -0.39 is 0 Å². The van der Waals surface area contributed by atoms with Crippen molar-refractivity contribution in [3.63, 3.8) is 0 Å². The standard InChI is InChI=1S/C4H10O.Mg.2H/c1-2-3-4-5;;;/h5H,2-4H2,1H3;;;. The molecule has 0 aliphatic rings. The van der Waals surface area contributed by atoms with Crippen LogP contribution in [0.5, 0.6) is 0 Å². The lowest BCUT2D eigenvalue weighted by atomic mass is 10.4.